The third-order valence-electron chi connectivity index (χ3n) is 5.91. The van der Waals surface area contributed by atoms with Crippen molar-refractivity contribution in [1.29, 1.82) is 0 Å². The van der Waals surface area contributed by atoms with Gasteiger partial charge in [0.25, 0.3) is 11.9 Å². The number of amides is 1. The summed E-state index contributed by atoms with van der Waals surface area (Å²) in [5, 5.41) is 25.5. The fourth-order valence-corrected chi connectivity index (χ4v) is 3.80. The number of benzene rings is 1. The van der Waals surface area contributed by atoms with Gasteiger partial charge in [-0.15, -0.1) is 0 Å². The maximum atomic E-state index is 12.0. The molecule has 36 heavy (non-hydrogen) atoms. The lowest BCUT2D eigenvalue weighted by molar-refractivity contribution is 0.0995. The zero-order valence-electron chi connectivity index (χ0n) is 19.5. The Morgan fingerprint density at radius 3 is 2.78 bits per heavy atom. The topological polar surface area (TPSA) is 178 Å². The number of hydrogen-bond donors (Lipinski definition) is 4. The van der Waals surface area contributed by atoms with Crippen LogP contribution in [0.4, 0.5) is 17.5 Å². The Morgan fingerprint density at radius 2 is 2.08 bits per heavy atom. The maximum Gasteiger partial charge on any atom is 0.298 e. The number of oxazole rings is 1. The van der Waals surface area contributed by atoms with Crippen LogP contribution >= 0.6 is 0 Å². The minimum Gasteiger partial charge on any atom is -0.493 e. The van der Waals surface area contributed by atoms with E-state index in [-0.39, 0.29) is 43.2 Å². The zero-order chi connectivity index (χ0) is 25.2. The summed E-state index contributed by atoms with van der Waals surface area (Å²) in [6, 6.07) is 5.76. The van der Waals surface area contributed by atoms with Crippen molar-refractivity contribution in [2.24, 2.45) is 18.7 Å². The standard InChI is InChI=1S/C23H26N8O5/c1-30-9-15(5-26-30)27-22-20(21(24)34)28-18(6-25-22)14-7-31(8-14)23-29-17-3-2-16(4-19(17)36-23)35-12-13(10-32)11-33/h2-6,9,13-14,32-33H,7-8,10-12H2,1H3,(H2,24,34)(H,25,27). The van der Waals surface area contributed by atoms with E-state index in [1.165, 1.54) is 0 Å². The second kappa shape index (κ2) is 9.79. The lowest BCUT2D eigenvalue weighted by atomic mass is 9.97. The number of hydrogen-bond acceptors (Lipinski definition) is 11. The SMILES string of the molecule is Cn1cc(Nc2ncc(C3CN(c4nc5ccc(OCC(CO)CO)cc5o4)C3)nc2C(N)=O)cn1. The minimum absolute atomic E-state index is 0.0332. The highest BCUT2D eigenvalue weighted by Crippen LogP contribution is 2.33. The van der Waals surface area contributed by atoms with Gasteiger partial charge in [-0.1, -0.05) is 0 Å². The molecule has 0 aliphatic carbocycles. The van der Waals surface area contributed by atoms with Gasteiger partial charge in [0, 0.05) is 44.2 Å². The second-order valence-corrected chi connectivity index (χ2v) is 8.65. The van der Waals surface area contributed by atoms with Crippen molar-refractivity contribution in [2.45, 2.75) is 5.92 Å². The lowest BCUT2D eigenvalue weighted by Crippen LogP contribution is -2.45. The van der Waals surface area contributed by atoms with E-state index in [0.717, 1.165) is 0 Å². The smallest absolute Gasteiger partial charge is 0.298 e. The van der Waals surface area contributed by atoms with Crippen LogP contribution in [-0.2, 0) is 7.05 Å². The first kappa shape index (κ1) is 23.5. The highest BCUT2D eigenvalue weighted by Gasteiger charge is 2.33. The molecule has 0 unspecified atom stereocenters. The van der Waals surface area contributed by atoms with Crippen LogP contribution in [0.25, 0.3) is 11.1 Å². The summed E-state index contributed by atoms with van der Waals surface area (Å²) < 4.78 is 13.2. The molecule has 0 bridgehead atoms. The number of aryl methyl sites for hydroxylation is 1. The number of aliphatic hydroxyl groups is 2. The van der Waals surface area contributed by atoms with Gasteiger partial charge in [0.2, 0.25) is 0 Å². The van der Waals surface area contributed by atoms with Gasteiger partial charge in [0.1, 0.15) is 11.3 Å². The van der Waals surface area contributed by atoms with Gasteiger partial charge < -0.3 is 35.3 Å². The normalized spacial score (nSPS) is 13.8. The largest absolute Gasteiger partial charge is 0.493 e. The molecular weight excluding hydrogens is 468 g/mol. The van der Waals surface area contributed by atoms with E-state index in [1.807, 2.05) is 4.90 Å². The van der Waals surface area contributed by atoms with Crippen molar-refractivity contribution in [3.05, 3.63) is 48.2 Å². The van der Waals surface area contributed by atoms with E-state index in [2.05, 4.69) is 25.4 Å². The number of carbonyl (C=O) groups excluding carboxylic acids is 1. The van der Waals surface area contributed by atoms with Crippen LogP contribution in [0.1, 0.15) is 22.1 Å². The molecule has 1 fully saturated rings. The third kappa shape index (κ3) is 4.78. The molecule has 0 atom stereocenters. The number of nitrogens with zero attached hydrogens (tertiary/aromatic N) is 6. The molecule has 1 aliphatic rings. The number of anilines is 3. The molecule has 0 radical (unpaired) electrons. The number of aromatic nitrogens is 5. The summed E-state index contributed by atoms with van der Waals surface area (Å²) in [5.41, 5.74) is 8.20. The van der Waals surface area contributed by atoms with Gasteiger partial charge in [-0.25, -0.2) is 9.97 Å². The molecule has 13 heteroatoms. The molecule has 3 aromatic heterocycles. The first-order valence-corrected chi connectivity index (χ1v) is 11.4. The summed E-state index contributed by atoms with van der Waals surface area (Å²) in [4.78, 5) is 27.4. The Labute approximate surface area is 205 Å². The maximum absolute atomic E-state index is 12.0. The van der Waals surface area contributed by atoms with E-state index < -0.39 is 5.91 Å². The summed E-state index contributed by atoms with van der Waals surface area (Å²) in [6.45, 7) is 1.06. The third-order valence-corrected chi connectivity index (χ3v) is 5.91. The monoisotopic (exact) mass is 494 g/mol. The van der Waals surface area contributed by atoms with Crippen molar-refractivity contribution in [2.75, 3.05) is 43.1 Å². The van der Waals surface area contributed by atoms with Crippen LogP contribution < -0.4 is 20.7 Å². The van der Waals surface area contributed by atoms with Crippen LogP contribution in [0.2, 0.25) is 0 Å². The van der Waals surface area contributed by atoms with Crippen molar-refractivity contribution in [3.8, 4) is 5.75 Å². The molecule has 4 heterocycles. The number of rotatable bonds is 10. The summed E-state index contributed by atoms with van der Waals surface area (Å²) in [7, 11) is 1.79. The second-order valence-electron chi connectivity index (χ2n) is 8.65. The molecule has 1 aromatic carbocycles. The molecular formula is C23H26N8O5. The Kier molecular flexibility index (Phi) is 6.40. The van der Waals surface area contributed by atoms with E-state index in [4.69, 9.17) is 14.9 Å². The lowest BCUT2D eigenvalue weighted by Gasteiger charge is -2.37. The molecule has 0 spiro atoms. The molecule has 5 N–H and O–H groups in total. The fourth-order valence-electron chi connectivity index (χ4n) is 3.80. The van der Waals surface area contributed by atoms with Crippen LogP contribution in [0.3, 0.4) is 0 Å². The quantitative estimate of drug-likeness (QED) is 0.245. The number of fused-ring (bicyclic) bond motifs is 1. The molecule has 1 saturated heterocycles. The van der Waals surface area contributed by atoms with E-state index in [1.54, 1.807) is 48.5 Å². The molecule has 1 amide bonds. The highest BCUT2D eigenvalue weighted by atomic mass is 16.5. The number of nitrogens with two attached hydrogens (primary N) is 1. The van der Waals surface area contributed by atoms with Gasteiger partial charge in [-0.3, -0.25) is 9.48 Å². The molecule has 1 aliphatic heterocycles. The number of aliphatic hydroxyl groups excluding tert-OH is 2. The van der Waals surface area contributed by atoms with E-state index >= 15 is 0 Å². The average molecular weight is 495 g/mol. The Bertz CT molecular complexity index is 1380. The zero-order valence-corrected chi connectivity index (χ0v) is 19.5. The molecule has 13 nitrogen and oxygen atoms in total. The van der Waals surface area contributed by atoms with Crippen molar-refractivity contribution in [1.82, 2.24) is 24.7 Å². The summed E-state index contributed by atoms with van der Waals surface area (Å²) in [6.07, 6.45) is 5.00. The first-order valence-electron chi connectivity index (χ1n) is 11.4. The molecule has 4 aromatic rings. The molecule has 188 valence electrons. The minimum atomic E-state index is -0.673. The average Bonchev–Trinajstić information content (AvgIpc) is 3.44. The van der Waals surface area contributed by atoms with Gasteiger partial charge in [-0.05, 0) is 12.1 Å². The predicted octanol–water partition coefficient (Wildman–Crippen LogP) is 0.777. The van der Waals surface area contributed by atoms with Gasteiger partial charge in [0.05, 0.1) is 43.6 Å². The van der Waals surface area contributed by atoms with Crippen LogP contribution in [0.5, 0.6) is 5.75 Å². The van der Waals surface area contributed by atoms with Gasteiger partial charge in [0.15, 0.2) is 17.1 Å². The van der Waals surface area contributed by atoms with E-state index in [0.29, 0.717) is 47.3 Å². The van der Waals surface area contributed by atoms with E-state index in [9.17, 15) is 15.0 Å². The summed E-state index contributed by atoms with van der Waals surface area (Å²) >= 11 is 0. The Hall–Kier alpha value is -4.23. The molecule has 5 rings (SSSR count). The van der Waals surface area contributed by atoms with Crippen LogP contribution in [-0.4, -0.2) is 73.8 Å². The number of ether oxygens (including phenoxy) is 1. The first-order chi connectivity index (χ1) is 17.4. The number of carbonyl (C=O) groups is 1. The molecule has 0 saturated carbocycles. The highest BCUT2D eigenvalue weighted by molar-refractivity contribution is 5.96. The van der Waals surface area contributed by atoms with Crippen molar-refractivity contribution < 1.29 is 24.2 Å². The van der Waals surface area contributed by atoms with Crippen molar-refractivity contribution in [3.63, 3.8) is 0 Å². The van der Waals surface area contributed by atoms with Crippen LogP contribution in [0.15, 0.2) is 41.2 Å². The Balaban J connectivity index is 1.25. The van der Waals surface area contributed by atoms with Crippen molar-refractivity contribution >= 4 is 34.5 Å². The predicted molar refractivity (Wildman–Crippen MR) is 129 cm³/mol. The number of nitrogens with one attached hydrogen (secondary N) is 1. The van der Waals surface area contributed by atoms with Gasteiger partial charge in [-0.2, -0.15) is 10.1 Å². The van der Waals surface area contributed by atoms with Crippen LogP contribution in [0, 0.1) is 5.92 Å². The summed E-state index contributed by atoms with van der Waals surface area (Å²) in [5.74, 6) is -0.147. The number of primary amides is 1. The van der Waals surface area contributed by atoms with Gasteiger partial charge >= 0.3 is 0 Å². The Morgan fingerprint density at radius 1 is 1.28 bits per heavy atom. The fraction of sp³-hybridized carbons (Fsp3) is 0.348.